The molecule has 0 unspecified atom stereocenters. The van der Waals surface area contributed by atoms with Crippen LogP contribution in [0.2, 0.25) is 0 Å². The Hall–Kier alpha value is -2.54. The Labute approximate surface area is 144 Å². The molecule has 0 aliphatic carbocycles. The number of rotatable bonds is 3. The number of ether oxygens (including phenoxy) is 1. The molecular formula is C17H12BrFN2O3. The van der Waals surface area contributed by atoms with Gasteiger partial charge in [0.25, 0.3) is 5.56 Å². The molecule has 0 fully saturated rings. The van der Waals surface area contributed by atoms with Crippen LogP contribution in [0, 0.1) is 12.7 Å². The first-order chi connectivity index (χ1) is 11.4. The van der Waals surface area contributed by atoms with Gasteiger partial charge in [-0.05, 0) is 36.8 Å². The molecule has 0 saturated heterocycles. The van der Waals surface area contributed by atoms with Gasteiger partial charge in [0.2, 0.25) is 0 Å². The molecule has 0 saturated carbocycles. The van der Waals surface area contributed by atoms with Gasteiger partial charge in [0.1, 0.15) is 18.1 Å². The Kier molecular flexibility index (Phi) is 4.44. The van der Waals surface area contributed by atoms with Crippen LogP contribution in [-0.4, -0.2) is 15.4 Å². The third-order valence-electron chi connectivity index (χ3n) is 3.36. The molecule has 0 bridgehead atoms. The highest BCUT2D eigenvalue weighted by Gasteiger charge is 2.14. The number of halogens is 2. The number of fused-ring (bicyclic) bond motifs is 1. The molecule has 0 amide bonds. The van der Waals surface area contributed by atoms with Gasteiger partial charge in [-0.2, -0.15) is 0 Å². The first kappa shape index (κ1) is 16.3. The van der Waals surface area contributed by atoms with Crippen molar-refractivity contribution in [3.63, 3.8) is 0 Å². The van der Waals surface area contributed by atoms with Gasteiger partial charge in [-0.1, -0.05) is 22.0 Å². The van der Waals surface area contributed by atoms with Crippen molar-refractivity contribution in [2.75, 3.05) is 0 Å². The van der Waals surface area contributed by atoms with Crippen molar-refractivity contribution in [3.05, 3.63) is 80.1 Å². The first-order valence-corrected chi connectivity index (χ1v) is 7.84. The van der Waals surface area contributed by atoms with Gasteiger partial charge in [0, 0.05) is 16.7 Å². The van der Waals surface area contributed by atoms with E-state index in [9.17, 15) is 14.0 Å². The van der Waals surface area contributed by atoms with Gasteiger partial charge < -0.3 is 4.74 Å². The summed E-state index contributed by atoms with van der Waals surface area (Å²) in [5, 5.41) is 0. The zero-order valence-electron chi connectivity index (χ0n) is 12.6. The summed E-state index contributed by atoms with van der Waals surface area (Å²) in [6.45, 7) is 1.65. The molecule has 0 aliphatic heterocycles. The van der Waals surface area contributed by atoms with Crippen molar-refractivity contribution in [1.29, 1.82) is 0 Å². The Morgan fingerprint density at radius 2 is 2.08 bits per heavy atom. The summed E-state index contributed by atoms with van der Waals surface area (Å²) in [5.41, 5.74) is 1.22. The number of nitrogens with zero attached hydrogens (tertiary/aromatic N) is 2. The van der Waals surface area contributed by atoms with Crippen molar-refractivity contribution in [1.82, 2.24) is 9.38 Å². The lowest BCUT2D eigenvalue weighted by Crippen LogP contribution is -2.17. The molecule has 0 radical (unpaired) electrons. The number of hydrogen-bond donors (Lipinski definition) is 0. The molecule has 122 valence electrons. The van der Waals surface area contributed by atoms with Crippen LogP contribution in [0.3, 0.4) is 0 Å². The minimum absolute atomic E-state index is 0.183. The van der Waals surface area contributed by atoms with E-state index < -0.39 is 11.8 Å². The largest absolute Gasteiger partial charge is 0.455 e. The van der Waals surface area contributed by atoms with E-state index in [1.807, 2.05) is 13.0 Å². The van der Waals surface area contributed by atoms with E-state index in [1.54, 1.807) is 12.3 Å². The third-order valence-corrected chi connectivity index (χ3v) is 3.85. The topological polar surface area (TPSA) is 60.7 Å². The molecule has 0 N–H and O–H groups in total. The van der Waals surface area contributed by atoms with E-state index in [-0.39, 0.29) is 17.7 Å². The van der Waals surface area contributed by atoms with Crippen LogP contribution >= 0.6 is 15.9 Å². The summed E-state index contributed by atoms with van der Waals surface area (Å²) in [4.78, 5) is 28.3. The lowest BCUT2D eigenvalue weighted by molar-refractivity contribution is 0.0462. The number of pyridine rings is 1. The Bertz CT molecular complexity index is 1000. The maximum absolute atomic E-state index is 13.7. The number of hydrogen-bond acceptors (Lipinski definition) is 4. The number of aryl methyl sites for hydroxylation is 1. The summed E-state index contributed by atoms with van der Waals surface area (Å²) in [6, 6.07) is 8.81. The summed E-state index contributed by atoms with van der Waals surface area (Å²) in [6.07, 6.45) is 1.68. The first-order valence-electron chi connectivity index (χ1n) is 7.05. The monoisotopic (exact) mass is 390 g/mol. The molecule has 5 nitrogen and oxygen atoms in total. The van der Waals surface area contributed by atoms with Crippen LogP contribution in [0.25, 0.3) is 5.65 Å². The summed E-state index contributed by atoms with van der Waals surface area (Å²) < 4.78 is 20.7. The highest BCUT2D eigenvalue weighted by Crippen LogP contribution is 2.17. The number of aromatic nitrogens is 2. The quantitative estimate of drug-likeness (QED) is 0.644. The second kappa shape index (κ2) is 6.52. The predicted molar refractivity (Wildman–Crippen MR) is 89.4 cm³/mol. The van der Waals surface area contributed by atoms with Gasteiger partial charge in [0.05, 0.1) is 11.3 Å². The molecule has 0 aliphatic rings. The Balaban J connectivity index is 1.83. The molecule has 7 heteroatoms. The zero-order valence-corrected chi connectivity index (χ0v) is 14.2. The van der Waals surface area contributed by atoms with Crippen molar-refractivity contribution in [2.24, 2.45) is 0 Å². The minimum atomic E-state index is -0.820. The average molecular weight is 391 g/mol. The zero-order chi connectivity index (χ0) is 17.3. The maximum atomic E-state index is 13.7. The van der Waals surface area contributed by atoms with Crippen LogP contribution in [0.1, 0.15) is 21.6 Å². The van der Waals surface area contributed by atoms with Crippen LogP contribution in [0.4, 0.5) is 4.39 Å². The fourth-order valence-corrected chi connectivity index (χ4v) is 2.56. The Morgan fingerprint density at radius 1 is 1.29 bits per heavy atom. The maximum Gasteiger partial charge on any atom is 0.341 e. The average Bonchev–Trinajstić information content (AvgIpc) is 2.55. The number of esters is 1. The molecule has 1 aromatic carbocycles. The van der Waals surface area contributed by atoms with E-state index in [1.165, 1.54) is 28.7 Å². The van der Waals surface area contributed by atoms with Gasteiger partial charge in [-0.25, -0.2) is 14.2 Å². The van der Waals surface area contributed by atoms with Crippen molar-refractivity contribution in [2.45, 2.75) is 13.5 Å². The summed E-state index contributed by atoms with van der Waals surface area (Å²) in [5.74, 6) is -1.50. The second-order valence-corrected chi connectivity index (χ2v) is 6.14. The molecule has 24 heavy (non-hydrogen) atoms. The molecule has 2 aromatic heterocycles. The fraction of sp³-hybridized carbons (Fsp3) is 0.118. The predicted octanol–water partition coefficient (Wildman–Crippen LogP) is 3.26. The number of carbonyl (C=O) groups is 1. The fourth-order valence-electron chi connectivity index (χ4n) is 2.20. The Morgan fingerprint density at radius 3 is 2.88 bits per heavy atom. The van der Waals surface area contributed by atoms with Gasteiger partial charge in [-0.3, -0.25) is 9.20 Å². The van der Waals surface area contributed by atoms with Gasteiger partial charge in [-0.15, -0.1) is 0 Å². The second-order valence-electron chi connectivity index (χ2n) is 5.22. The number of carbonyl (C=O) groups excluding carboxylic acids is 1. The molecular weight excluding hydrogens is 379 g/mol. The highest BCUT2D eigenvalue weighted by atomic mass is 79.9. The molecule has 3 aromatic rings. The lowest BCUT2D eigenvalue weighted by Gasteiger charge is -2.07. The normalized spacial score (nSPS) is 10.8. The molecule has 2 heterocycles. The van der Waals surface area contributed by atoms with Crippen LogP contribution in [-0.2, 0) is 11.3 Å². The minimum Gasteiger partial charge on any atom is -0.455 e. The molecule has 0 atom stereocenters. The SMILES string of the molecule is Cc1ccc2nc(COC(=O)c3cc(Br)ccc3F)cc(=O)n2c1. The third kappa shape index (κ3) is 3.35. The summed E-state index contributed by atoms with van der Waals surface area (Å²) in [7, 11) is 0. The van der Waals surface area contributed by atoms with E-state index in [4.69, 9.17) is 4.74 Å². The van der Waals surface area contributed by atoms with E-state index in [0.717, 1.165) is 5.56 Å². The smallest absolute Gasteiger partial charge is 0.341 e. The van der Waals surface area contributed by atoms with Gasteiger partial charge in [0.15, 0.2) is 0 Å². The summed E-state index contributed by atoms with van der Waals surface area (Å²) >= 11 is 3.17. The van der Waals surface area contributed by atoms with Crippen molar-refractivity contribution in [3.8, 4) is 0 Å². The highest BCUT2D eigenvalue weighted by molar-refractivity contribution is 9.10. The van der Waals surface area contributed by atoms with Crippen molar-refractivity contribution < 1.29 is 13.9 Å². The lowest BCUT2D eigenvalue weighted by atomic mass is 10.2. The van der Waals surface area contributed by atoms with Crippen LogP contribution in [0.5, 0.6) is 0 Å². The standard InChI is InChI=1S/C17H12BrFN2O3/c1-10-2-5-15-20-12(7-16(22)21(15)8-10)9-24-17(23)13-6-11(18)3-4-14(13)19/h2-8H,9H2,1H3. The van der Waals surface area contributed by atoms with Crippen LogP contribution in [0.15, 0.2) is 51.9 Å². The molecule has 0 spiro atoms. The van der Waals surface area contributed by atoms with E-state index >= 15 is 0 Å². The van der Waals surface area contributed by atoms with E-state index in [0.29, 0.717) is 15.8 Å². The molecule has 3 rings (SSSR count). The number of benzene rings is 1. The van der Waals surface area contributed by atoms with Gasteiger partial charge >= 0.3 is 5.97 Å². The van der Waals surface area contributed by atoms with E-state index in [2.05, 4.69) is 20.9 Å². The van der Waals surface area contributed by atoms with Crippen molar-refractivity contribution >= 4 is 27.5 Å². The van der Waals surface area contributed by atoms with Crippen LogP contribution < -0.4 is 5.56 Å².